The number of hydrogen-bond acceptors (Lipinski definition) is 3. The molecule has 0 amide bonds. The van der Waals surface area contributed by atoms with Crippen LogP contribution in [0.3, 0.4) is 0 Å². The standard InChI is InChI=1S/C30H42N3O2/c1-19(2)24-15-13-20(3)17-28(24)35-30(34)22(5)33-27-12-10-9-11-26(27)32(8)29(33)23-14-16-25(31(6)7)21(4)18-23/h9-12,14,16,18-20,22,24,28H,13,15,17H2,1-8H3/q+1/t20-,22-,24+,28-/m1/s1. The molecule has 2 aromatic carbocycles. The highest BCUT2D eigenvalue weighted by Crippen LogP contribution is 2.37. The summed E-state index contributed by atoms with van der Waals surface area (Å²) in [5.74, 6) is 2.41. The average Bonchev–Trinajstić information content (AvgIpc) is 3.10. The van der Waals surface area contributed by atoms with Crippen molar-refractivity contribution in [1.82, 2.24) is 4.57 Å². The normalized spacial score (nSPS) is 21.3. The van der Waals surface area contributed by atoms with Gasteiger partial charge in [0.15, 0.2) is 17.1 Å². The van der Waals surface area contributed by atoms with E-state index in [1.807, 2.05) is 13.0 Å². The first kappa shape index (κ1) is 25.3. The molecule has 0 bridgehead atoms. The maximum Gasteiger partial charge on any atom is 0.351 e. The van der Waals surface area contributed by atoms with Gasteiger partial charge < -0.3 is 9.64 Å². The van der Waals surface area contributed by atoms with Crippen molar-refractivity contribution in [3.05, 3.63) is 48.0 Å². The second-order valence-electron chi connectivity index (χ2n) is 11.1. The van der Waals surface area contributed by atoms with Gasteiger partial charge in [0.05, 0.1) is 12.6 Å². The topological polar surface area (TPSA) is 38.4 Å². The first-order valence-electron chi connectivity index (χ1n) is 13.1. The fourth-order valence-electron chi connectivity index (χ4n) is 5.97. The zero-order chi connectivity index (χ0) is 25.4. The molecule has 5 nitrogen and oxygen atoms in total. The summed E-state index contributed by atoms with van der Waals surface area (Å²) in [5, 5.41) is 0. The second-order valence-corrected chi connectivity index (χ2v) is 11.1. The number of nitrogens with zero attached hydrogens (tertiary/aromatic N) is 3. The Labute approximate surface area is 210 Å². The largest absolute Gasteiger partial charge is 0.459 e. The van der Waals surface area contributed by atoms with Gasteiger partial charge in [-0.3, -0.25) is 0 Å². The van der Waals surface area contributed by atoms with Crippen LogP contribution in [0.4, 0.5) is 5.69 Å². The lowest BCUT2D eigenvalue weighted by molar-refractivity contribution is -0.634. The van der Waals surface area contributed by atoms with E-state index in [0.717, 1.165) is 35.3 Å². The van der Waals surface area contributed by atoms with Gasteiger partial charge in [0.1, 0.15) is 6.10 Å². The van der Waals surface area contributed by atoms with E-state index in [9.17, 15) is 4.79 Å². The van der Waals surface area contributed by atoms with E-state index in [2.05, 4.69) is 99.3 Å². The van der Waals surface area contributed by atoms with Crippen LogP contribution in [0.1, 0.15) is 58.6 Å². The van der Waals surface area contributed by atoms with Gasteiger partial charge in [0.2, 0.25) is 0 Å². The van der Waals surface area contributed by atoms with Crippen LogP contribution < -0.4 is 9.47 Å². The zero-order valence-corrected chi connectivity index (χ0v) is 22.7. The molecule has 0 N–H and O–H groups in total. The van der Waals surface area contributed by atoms with Crippen molar-refractivity contribution < 1.29 is 14.1 Å². The van der Waals surface area contributed by atoms with Crippen molar-refractivity contribution in [2.75, 3.05) is 19.0 Å². The summed E-state index contributed by atoms with van der Waals surface area (Å²) < 4.78 is 10.7. The van der Waals surface area contributed by atoms with E-state index < -0.39 is 6.04 Å². The lowest BCUT2D eigenvalue weighted by Crippen LogP contribution is -2.38. The average molecular weight is 477 g/mol. The van der Waals surface area contributed by atoms with Crippen molar-refractivity contribution in [2.24, 2.45) is 24.8 Å². The summed E-state index contributed by atoms with van der Waals surface area (Å²) in [4.78, 5) is 15.8. The number of imidazole rings is 1. The maximum atomic E-state index is 13.7. The molecule has 188 valence electrons. The van der Waals surface area contributed by atoms with E-state index in [0.29, 0.717) is 17.8 Å². The molecule has 0 aliphatic heterocycles. The Morgan fingerprint density at radius 3 is 2.49 bits per heavy atom. The van der Waals surface area contributed by atoms with E-state index in [1.54, 1.807) is 0 Å². The first-order chi connectivity index (χ1) is 16.6. The molecule has 1 aliphatic rings. The van der Waals surface area contributed by atoms with Crippen LogP contribution in [0.15, 0.2) is 42.5 Å². The highest BCUT2D eigenvalue weighted by Gasteiger charge is 2.37. The predicted molar refractivity (Wildman–Crippen MR) is 144 cm³/mol. The number of aryl methyl sites for hydroxylation is 2. The molecule has 1 aliphatic carbocycles. The number of aromatic nitrogens is 2. The Morgan fingerprint density at radius 2 is 1.83 bits per heavy atom. The van der Waals surface area contributed by atoms with Crippen LogP contribution in [0.2, 0.25) is 0 Å². The molecular formula is C30H42N3O2+. The lowest BCUT2D eigenvalue weighted by atomic mass is 9.75. The molecule has 5 heteroatoms. The number of anilines is 1. The molecule has 1 aromatic heterocycles. The van der Waals surface area contributed by atoms with Crippen molar-refractivity contribution in [3.8, 4) is 11.4 Å². The Balaban J connectivity index is 1.76. The number of ether oxygens (including phenoxy) is 1. The molecule has 1 saturated carbocycles. The molecule has 3 aromatic rings. The molecule has 35 heavy (non-hydrogen) atoms. The summed E-state index contributed by atoms with van der Waals surface area (Å²) >= 11 is 0. The fraction of sp³-hybridized carbons (Fsp3) is 0.533. The highest BCUT2D eigenvalue weighted by molar-refractivity contribution is 5.82. The summed E-state index contributed by atoms with van der Waals surface area (Å²) in [6, 6.07) is 14.4. The highest BCUT2D eigenvalue weighted by atomic mass is 16.5. The summed E-state index contributed by atoms with van der Waals surface area (Å²) in [5.41, 5.74) is 5.63. The van der Waals surface area contributed by atoms with Gasteiger partial charge in [-0.15, -0.1) is 0 Å². The molecule has 0 saturated heterocycles. The predicted octanol–water partition coefficient (Wildman–Crippen LogP) is 6.07. The maximum absolute atomic E-state index is 13.7. The molecule has 0 radical (unpaired) electrons. The van der Waals surface area contributed by atoms with Crippen LogP contribution in [0, 0.1) is 24.7 Å². The molecule has 1 heterocycles. The Kier molecular flexibility index (Phi) is 7.25. The molecule has 4 rings (SSSR count). The molecule has 4 atom stereocenters. The van der Waals surface area contributed by atoms with E-state index in [1.165, 1.54) is 17.7 Å². The number of fused-ring (bicyclic) bond motifs is 1. The third kappa shape index (κ3) is 4.82. The van der Waals surface area contributed by atoms with Crippen molar-refractivity contribution in [1.29, 1.82) is 0 Å². The van der Waals surface area contributed by atoms with E-state index >= 15 is 0 Å². The molecule has 1 fully saturated rings. The summed E-state index contributed by atoms with van der Waals surface area (Å²) in [6.07, 6.45) is 3.31. The fourth-order valence-corrected chi connectivity index (χ4v) is 5.97. The van der Waals surface area contributed by atoms with Gasteiger partial charge in [-0.2, -0.15) is 0 Å². The smallest absolute Gasteiger partial charge is 0.351 e. The minimum atomic E-state index is -0.435. The van der Waals surface area contributed by atoms with Crippen LogP contribution in [0.25, 0.3) is 22.4 Å². The van der Waals surface area contributed by atoms with Crippen molar-refractivity contribution in [3.63, 3.8) is 0 Å². The van der Waals surface area contributed by atoms with Crippen LogP contribution in [0.5, 0.6) is 0 Å². The lowest BCUT2D eigenvalue weighted by Gasteiger charge is -2.37. The van der Waals surface area contributed by atoms with Gasteiger partial charge in [-0.25, -0.2) is 13.9 Å². The number of esters is 1. The van der Waals surface area contributed by atoms with Gasteiger partial charge in [-0.1, -0.05) is 39.3 Å². The number of carbonyl (C=O) groups excluding carboxylic acids is 1. The quantitative estimate of drug-likeness (QED) is 0.320. The minimum absolute atomic E-state index is 0.00524. The number of carbonyl (C=O) groups is 1. The summed E-state index contributed by atoms with van der Waals surface area (Å²) in [6.45, 7) is 10.9. The molecule has 0 spiro atoms. The minimum Gasteiger partial charge on any atom is -0.459 e. The Bertz CT molecular complexity index is 1210. The summed E-state index contributed by atoms with van der Waals surface area (Å²) in [7, 11) is 6.21. The van der Waals surface area contributed by atoms with E-state index in [-0.39, 0.29) is 12.1 Å². The van der Waals surface area contributed by atoms with Gasteiger partial charge in [0.25, 0.3) is 5.82 Å². The molecular weight excluding hydrogens is 434 g/mol. The van der Waals surface area contributed by atoms with Crippen LogP contribution in [-0.4, -0.2) is 30.7 Å². The number of para-hydroxylation sites is 2. The van der Waals surface area contributed by atoms with Gasteiger partial charge in [-0.05, 0) is 80.3 Å². The molecule has 0 unspecified atom stereocenters. The first-order valence-corrected chi connectivity index (χ1v) is 13.1. The van der Waals surface area contributed by atoms with Crippen molar-refractivity contribution >= 4 is 22.7 Å². The third-order valence-electron chi connectivity index (χ3n) is 7.94. The Hall–Kier alpha value is -2.82. The van der Waals surface area contributed by atoms with Gasteiger partial charge >= 0.3 is 5.97 Å². The second kappa shape index (κ2) is 10.0. The van der Waals surface area contributed by atoms with Crippen LogP contribution in [-0.2, 0) is 16.6 Å². The number of benzene rings is 2. The van der Waals surface area contributed by atoms with Crippen molar-refractivity contribution in [2.45, 2.75) is 66.0 Å². The SMILES string of the molecule is Cc1cc(-c2n([C@H](C)C(=O)O[C@@H]3C[C@H](C)CC[C@H]3C(C)C)c3ccccc3[n+]2C)ccc1N(C)C. The van der Waals surface area contributed by atoms with E-state index in [4.69, 9.17) is 4.74 Å². The monoisotopic (exact) mass is 476 g/mol. The third-order valence-corrected chi connectivity index (χ3v) is 7.94. The number of rotatable bonds is 6. The Morgan fingerprint density at radius 1 is 1.11 bits per heavy atom. The number of hydrogen-bond donors (Lipinski definition) is 0. The van der Waals surface area contributed by atoms with Crippen LogP contribution >= 0.6 is 0 Å². The zero-order valence-electron chi connectivity index (χ0n) is 22.7. The van der Waals surface area contributed by atoms with Gasteiger partial charge in [0, 0.05) is 19.8 Å².